The normalized spacial score (nSPS) is 14.8. The maximum absolute atomic E-state index is 13.7. The van der Waals surface area contributed by atoms with Crippen LogP contribution < -0.4 is 14.4 Å². The number of carboxylic acids is 1. The minimum atomic E-state index is -0.934. The SMILES string of the molecule is Cc1cc(C(=O)c2cccc3[nH]c(C)c(CC(=O)O)c23)c(C)cc1OC[C@@H]1CN(C)c2ccccc2O1. The Kier molecular flexibility index (Phi) is 6.38. The van der Waals surface area contributed by atoms with Crippen molar-refractivity contribution in [1.29, 1.82) is 0 Å². The van der Waals surface area contributed by atoms with Gasteiger partial charge < -0.3 is 24.5 Å². The van der Waals surface area contributed by atoms with Crippen molar-refractivity contribution < 1.29 is 24.2 Å². The molecule has 4 aromatic rings. The highest BCUT2D eigenvalue weighted by molar-refractivity contribution is 6.18. The van der Waals surface area contributed by atoms with E-state index >= 15 is 0 Å². The second kappa shape index (κ2) is 9.65. The van der Waals surface area contributed by atoms with Crippen LogP contribution in [0.25, 0.3) is 10.9 Å². The van der Waals surface area contributed by atoms with E-state index < -0.39 is 5.97 Å². The maximum Gasteiger partial charge on any atom is 0.307 e. The van der Waals surface area contributed by atoms with E-state index in [0.717, 1.165) is 33.8 Å². The van der Waals surface area contributed by atoms with Gasteiger partial charge in [0.2, 0.25) is 0 Å². The summed E-state index contributed by atoms with van der Waals surface area (Å²) in [5, 5.41) is 10.1. The van der Waals surface area contributed by atoms with Gasteiger partial charge in [-0.2, -0.15) is 0 Å². The number of ether oxygens (including phenoxy) is 2. The van der Waals surface area contributed by atoms with Gasteiger partial charge >= 0.3 is 5.97 Å². The number of likely N-dealkylation sites (N-methyl/N-ethyl adjacent to an activating group) is 1. The summed E-state index contributed by atoms with van der Waals surface area (Å²) in [5.74, 6) is 0.477. The first-order valence-electron chi connectivity index (χ1n) is 12.3. The van der Waals surface area contributed by atoms with Gasteiger partial charge in [-0.25, -0.2) is 0 Å². The van der Waals surface area contributed by atoms with E-state index in [1.165, 1.54) is 0 Å². The van der Waals surface area contributed by atoms with Gasteiger partial charge in [-0.05, 0) is 67.8 Å². The van der Waals surface area contributed by atoms with Crippen molar-refractivity contribution in [2.24, 2.45) is 0 Å². The summed E-state index contributed by atoms with van der Waals surface area (Å²) >= 11 is 0. The fourth-order valence-corrected chi connectivity index (χ4v) is 5.11. The van der Waals surface area contributed by atoms with Crippen molar-refractivity contribution >= 4 is 28.3 Å². The Morgan fingerprint density at radius 3 is 2.62 bits per heavy atom. The molecule has 0 radical (unpaired) electrons. The number of aromatic nitrogens is 1. The maximum atomic E-state index is 13.7. The number of hydrogen-bond donors (Lipinski definition) is 2. The third-order valence-corrected chi connectivity index (χ3v) is 6.95. The summed E-state index contributed by atoms with van der Waals surface area (Å²) in [6, 6.07) is 17.1. The second-order valence-electron chi connectivity index (χ2n) is 9.69. The van der Waals surface area contributed by atoms with Gasteiger partial charge in [0.1, 0.15) is 24.2 Å². The number of para-hydroxylation sites is 2. The van der Waals surface area contributed by atoms with Gasteiger partial charge in [0.15, 0.2) is 5.78 Å². The van der Waals surface area contributed by atoms with Crippen LogP contribution in [0.1, 0.15) is 38.3 Å². The number of carbonyl (C=O) groups excluding carboxylic acids is 1. The molecule has 2 N–H and O–H groups in total. The van der Waals surface area contributed by atoms with E-state index in [2.05, 4.69) is 9.88 Å². The first-order chi connectivity index (χ1) is 17.7. The monoisotopic (exact) mass is 498 g/mol. The van der Waals surface area contributed by atoms with Crippen molar-refractivity contribution in [3.05, 3.63) is 88.1 Å². The van der Waals surface area contributed by atoms with Gasteiger partial charge in [0.25, 0.3) is 0 Å². The van der Waals surface area contributed by atoms with Crippen LogP contribution in [0.4, 0.5) is 5.69 Å². The van der Waals surface area contributed by atoms with Gasteiger partial charge in [-0.3, -0.25) is 9.59 Å². The minimum Gasteiger partial charge on any atom is -0.489 e. The molecule has 7 heteroatoms. The lowest BCUT2D eigenvalue weighted by Gasteiger charge is -2.33. The van der Waals surface area contributed by atoms with E-state index in [-0.39, 0.29) is 18.3 Å². The van der Waals surface area contributed by atoms with Crippen molar-refractivity contribution in [2.75, 3.05) is 25.1 Å². The first-order valence-corrected chi connectivity index (χ1v) is 12.3. The Morgan fingerprint density at radius 2 is 1.84 bits per heavy atom. The number of rotatable bonds is 7. The average molecular weight is 499 g/mol. The molecule has 0 unspecified atom stereocenters. The molecule has 1 aromatic heterocycles. The molecule has 0 saturated heterocycles. The number of nitrogens with zero attached hydrogens (tertiary/aromatic N) is 1. The Morgan fingerprint density at radius 1 is 1.05 bits per heavy atom. The second-order valence-corrected chi connectivity index (χ2v) is 9.69. The van der Waals surface area contributed by atoms with Crippen LogP contribution in [-0.2, 0) is 11.2 Å². The van der Waals surface area contributed by atoms with E-state index in [1.807, 2.05) is 76.3 Å². The number of aliphatic carboxylic acids is 1. The van der Waals surface area contributed by atoms with Gasteiger partial charge in [0.05, 0.1) is 18.7 Å². The highest BCUT2D eigenvalue weighted by atomic mass is 16.5. The van der Waals surface area contributed by atoms with E-state index in [0.29, 0.717) is 41.0 Å². The zero-order valence-electron chi connectivity index (χ0n) is 21.4. The first kappa shape index (κ1) is 24.4. The molecule has 1 aliphatic heterocycles. The molecule has 190 valence electrons. The number of fused-ring (bicyclic) bond motifs is 2. The number of aryl methyl sites for hydroxylation is 3. The number of nitrogens with one attached hydrogen (secondary N) is 1. The third-order valence-electron chi connectivity index (χ3n) is 6.95. The predicted molar refractivity (Wildman–Crippen MR) is 143 cm³/mol. The molecule has 1 atom stereocenters. The lowest BCUT2D eigenvalue weighted by atomic mass is 9.93. The van der Waals surface area contributed by atoms with Crippen LogP contribution in [0.3, 0.4) is 0 Å². The predicted octanol–water partition coefficient (Wildman–Crippen LogP) is 5.23. The van der Waals surface area contributed by atoms with Gasteiger partial charge in [-0.1, -0.05) is 24.3 Å². The topological polar surface area (TPSA) is 91.9 Å². The van der Waals surface area contributed by atoms with E-state index in [1.54, 1.807) is 6.07 Å². The molecule has 1 aliphatic rings. The molecule has 0 bridgehead atoms. The van der Waals surface area contributed by atoms with E-state index in [9.17, 15) is 14.7 Å². The van der Waals surface area contributed by atoms with Crippen LogP contribution in [0, 0.1) is 20.8 Å². The summed E-state index contributed by atoms with van der Waals surface area (Å²) < 4.78 is 12.3. The zero-order chi connectivity index (χ0) is 26.3. The lowest BCUT2D eigenvalue weighted by Crippen LogP contribution is -2.41. The number of hydrogen-bond acceptors (Lipinski definition) is 5. The van der Waals surface area contributed by atoms with Crippen molar-refractivity contribution in [1.82, 2.24) is 4.98 Å². The molecule has 2 heterocycles. The summed E-state index contributed by atoms with van der Waals surface area (Å²) in [4.78, 5) is 30.6. The molecule has 5 rings (SSSR count). The molecule has 0 saturated carbocycles. The number of aromatic amines is 1. The fourth-order valence-electron chi connectivity index (χ4n) is 5.11. The summed E-state index contributed by atoms with van der Waals surface area (Å²) in [5.41, 5.74) is 5.92. The molecule has 0 aliphatic carbocycles. The summed E-state index contributed by atoms with van der Waals surface area (Å²) in [7, 11) is 2.04. The molecular weight excluding hydrogens is 468 g/mol. The van der Waals surface area contributed by atoms with Crippen LogP contribution in [0.15, 0.2) is 54.6 Å². The standard InChI is InChI=1S/C30H30N2O5/c1-17-13-27(36-16-20-15-32(4)25-10-5-6-11-26(25)37-20)18(2)12-22(17)30(35)21-8-7-9-24-29(21)23(14-28(33)34)19(3)31-24/h5-13,20,31H,14-16H2,1-4H3,(H,33,34)/t20-/m0/s1. The van der Waals surface area contributed by atoms with Crippen LogP contribution >= 0.6 is 0 Å². The summed E-state index contributed by atoms with van der Waals surface area (Å²) in [6.45, 7) is 6.74. The highest BCUT2D eigenvalue weighted by Gasteiger charge is 2.25. The Labute approximate surface area is 215 Å². The van der Waals surface area contributed by atoms with Gasteiger partial charge in [-0.15, -0.1) is 0 Å². The molecular formula is C30H30N2O5. The Balaban J connectivity index is 1.39. The Hall–Kier alpha value is -4.26. The quantitative estimate of drug-likeness (QED) is 0.339. The number of ketones is 1. The third kappa shape index (κ3) is 4.65. The molecule has 7 nitrogen and oxygen atoms in total. The number of H-pyrrole nitrogens is 1. The minimum absolute atomic E-state index is 0.122. The number of carboxylic acid groups (broad SMARTS) is 1. The number of carbonyl (C=O) groups is 2. The fraction of sp³-hybridized carbons (Fsp3) is 0.267. The molecule has 0 amide bonds. The largest absolute Gasteiger partial charge is 0.489 e. The zero-order valence-corrected chi connectivity index (χ0v) is 21.4. The smallest absolute Gasteiger partial charge is 0.307 e. The van der Waals surface area contributed by atoms with Crippen LogP contribution in [0.2, 0.25) is 0 Å². The molecule has 0 spiro atoms. The van der Waals surface area contributed by atoms with Crippen molar-refractivity contribution in [2.45, 2.75) is 33.3 Å². The molecule has 37 heavy (non-hydrogen) atoms. The Bertz CT molecular complexity index is 1520. The molecule has 0 fully saturated rings. The highest BCUT2D eigenvalue weighted by Crippen LogP contribution is 2.33. The average Bonchev–Trinajstić information content (AvgIpc) is 3.18. The number of anilines is 1. The summed E-state index contributed by atoms with van der Waals surface area (Å²) in [6.07, 6.45) is -0.271. The van der Waals surface area contributed by atoms with Crippen LogP contribution in [-0.4, -0.2) is 48.1 Å². The van der Waals surface area contributed by atoms with Crippen molar-refractivity contribution in [3.8, 4) is 11.5 Å². The van der Waals surface area contributed by atoms with E-state index in [4.69, 9.17) is 9.47 Å². The number of benzene rings is 3. The van der Waals surface area contributed by atoms with Crippen molar-refractivity contribution in [3.63, 3.8) is 0 Å². The lowest BCUT2D eigenvalue weighted by molar-refractivity contribution is -0.136. The van der Waals surface area contributed by atoms with Crippen LogP contribution in [0.5, 0.6) is 11.5 Å². The van der Waals surface area contributed by atoms with Gasteiger partial charge in [0, 0.05) is 34.8 Å². The molecule has 3 aromatic carbocycles.